The Kier molecular flexibility index (Phi) is 6.00. The van der Waals surface area contributed by atoms with Gasteiger partial charge in [-0.15, -0.1) is 0 Å². The lowest BCUT2D eigenvalue weighted by molar-refractivity contribution is 0.235. The highest BCUT2D eigenvalue weighted by Gasteiger charge is 2.27. The highest BCUT2D eigenvalue weighted by molar-refractivity contribution is 6.30. The zero-order valence-electron chi connectivity index (χ0n) is 15.3. The third kappa shape index (κ3) is 4.17. The highest BCUT2D eigenvalue weighted by atomic mass is 35.5. The number of benzene rings is 2. The molecule has 0 radical (unpaired) electrons. The van der Waals surface area contributed by atoms with Crippen molar-refractivity contribution in [3.05, 3.63) is 63.7 Å². The molecule has 0 amide bonds. The summed E-state index contributed by atoms with van der Waals surface area (Å²) in [5.74, 6) is 0.895. The summed E-state index contributed by atoms with van der Waals surface area (Å²) < 4.78 is 5.69. The normalized spacial score (nSPS) is 17.1. The zero-order valence-corrected chi connectivity index (χ0v) is 16.1. The van der Waals surface area contributed by atoms with E-state index in [0.29, 0.717) is 0 Å². The lowest BCUT2D eigenvalue weighted by Crippen LogP contribution is -2.33. The third-order valence-electron chi connectivity index (χ3n) is 4.95. The molecule has 1 fully saturated rings. The van der Waals surface area contributed by atoms with Crippen LogP contribution < -0.4 is 10.1 Å². The van der Waals surface area contributed by atoms with E-state index in [1.165, 1.54) is 16.7 Å². The standard InChI is InChI=1S/C21H27ClN2O/c1-15-5-7-18(16(2)13-15)21(24-11-4-9-23-10-12-24)19-14-17(22)6-8-20(19)25-3/h5-8,13-14,21,23H,4,9-12H2,1-3H3. The molecule has 3 rings (SSSR count). The summed E-state index contributed by atoms with van der Waals surface area (Å²) >= 11 is 6.36. The Morgan fingerprint density at radius 1 is 1.04 bits per heavy atom. The maximum absolute atomic E-state index is 6.36. The van der Waals surface area contributed by atoms with Crippen LogP contribution in [0, 0.1) is 13.8 Å². The Labute approximate surface area is 155 Å². The average Bonchev–Trinajstić information content (AvgIpc) is 2.87. The molecule has 0 bridgehead atoms. The van der Waals surface area contributed by atoms with Gasteiger partial charge in [0.15, 0.2) is 0 Å². The molecule has 0 spiro atoms. The fourth-order valence-corrected chi connectivity index (χ4v) is 3.92. The lowest BCUT2D eigenvalue weighted by Gasteiger charge is -2.33. The molecule has 1 saturated heterocycles. The van der Waals surface area contributed by atoms with E-state index in [1.807, 2.05) is 12.1 Å². The molecule has 1 atom stereocenters. The zero-order chi connectivity index (χ0) is 17.8. The van der Waals surface area contributed by atoms with E-state index in [0.717, 1.165) is 48.9 Å². The number of rotatable bonds is 4. The summed E-state index contributed by atoms with van der Waals surface area (Å²) in [6, 6.07) is 12.8. The molecule has 1 unspecified atom stereocenters. The summed E-state index contributed by atoms with van der Waals surface area (Å²) in [5, 5.41) is 4.25. The summed E-state index contributed by atoms with van der Waals surface area (Å²) in [6.45, 7) is 8.48. The molecule has 134 valence electrons. The minimum atomic E-state index is 0.147. The number of ether oxygens (including phenoxy) is 1. The molecule has 4 heteroatoms. The van der Waals surface area contributed by atoms with Crippen LogP contribution in [0.3, 0.4) is 0 Å². The lowest BCUT2D eigenvalue weighted by atomic mass is 9.91. The predicted molar refractivity (Wildman–Crippen MR) is 105 cm³/mol. The van der Waals surface area contributed by atoms with Gasteiger partial charge in [0, 0.05) is 30.2 Å². The smallest absolute Gasteiger partial charge is 0.124 e. The number of hydrogen-bond donors (Lipinski definition) is 1. The minimum absolute atomic E-state index is 0.147. The van der Waals surface area contributed by atoms with E-state index in [4.69, 9.17) is 16.3 Å². The van der Waals surface area contributed by atoms with Crippen LogP contribution in [0.5, 0.6) is 5.75 Å². The summed E-state index contributed by atoms with van der Waals surface area (Å²) in [7, 11) is 1.73. The molecule has 1 heterocycles. The van der Waals surface area contributed by atoms with Gasteiger partial charge in [-0.05, 0) is 56.1 Å². The SMILES string of the molecule is COc1ccc(Cl)cc1C(c1ccc(C)cc1C)N1CCCNCC1. The number of hydrogen-bond acceptors (Lipinski definition) is 3. The first-order chi connectivity index (χ1) is 12.1. The predicted octanol–water partition coefficient (Wildman–Crippen LogP) is 4.35. The molecule has 25 heavy (non-hydrogen) atoms. The summed E-state index contributed by atoms with van der Waals surface area (Å²) in [4.78, 5) is 2.55. The van der Waals surface area contributed by atoms with Gasteiger partial charge < -0.3 is 10.1 Å². The van der Waals surface area contributed by atoms with Crippen molar-refractivity contribution in [2.75, 3.05) is 33.3 Å². The van der Waals surface area contributed by atoms with Gasteiger partial charge in [-0.25, -0.2) is 0 Å². The molecule has 0 saturated carbocycles. The average molecular weight is 359 g/mol. The highest BCUT2D eigenvalue weighted by Crippen LogP contribution is 2.38. The van der Waals surface area contributed by atoms with Crippen molar-refractivity contribution in [2.24, 2.45) is 0 Å². The molecule has 0 aromatic heterocycles. The molecule has 2 aromatic carbocycles. The quantitative estimate of drug-likeness (QED) is 0.879. The molecule has 2 aromatic rings. The number of nitrogens with zero attached hydrogens (tertiary/aromatic N) is 1. The van der Waals surface area contributed by atoms with Crippen LogP contribution in [0.2, 0.25) is 5.02 Å². The van der Waals surface area contributed by atoms with E-state index in [9.17, 15) is 0 Å². The van der Waals surface area contributed by atoms with E-state index < -0.39 is 0 Å². The fourth-order valence-electron chi connectivity index (χ4n) is 3.74. The van der Waals surface area contributed by atoms with Gasteiger partial charge >= 0.3 is 0 Å². The topological polar surface area (TPSA) is 24.5 Å². The van der Waals surface area contributed by atoms with Crippen LogP contribution in [0.4, 0.5) is 0 Å². The van der Waals surface area contributed by atoms with Crippen molar-refractivity contribution in [3.63, 3.8) is 0 Å². The van der Waals surface area contributed by atoms with Crippen LogP contribution in [-0.4, -0.2) is 38.2 Å². The van der Waals surface area contributed by atoms with E-state index in [2.05, 4.69) is 48.3 Å². The van der Waals surface area contributed by atoms with E-state index >= 15 is 0 Å². The number of methoxy groups -OCH3 is 1. The van der Waals surface area contributed by atoms with Gasteiger partial charge in [-0.2, -0.15) is 0 Å². The molecular weight excluding hydrogens is 332 g/mol. The molecule has 0 aliphatic carbocycles. The number of halogens is 1. The minimum Gasteiger partial charge on any atom is -0.496 e. The molecule has 1 aliphatic heterocycles. The van der Waals surface area contributed by atoms with E-state index in [-0.39, 0.29) is 6.04 Å². The summed E-state index contributed by atoms with van der Waals surface area (Å²) in [6.07, 6.45) is 1.14. The molecule has 1 N–H and O–H groups in total. The van der Waals surface area contributed by atoms with Gasteiger partial charge in [0.05, 0.1) is 13.2 Å². The van der Waals surface area contributed by atoms with Crippen molar-refractivity contribution in [2.45, 2.75) is 26.3 Å². The van der Waals surface area contributed by atoms with Crippen molar-refractivity contribution in [1.82, 2.24) is 10.2 Å². The Balaban J connectivity index is 2.13. The Bertz CT molecular complexity index is 724. The first-order valence-electron chi connectivity index (χ1n) is 8.95. The molecular formula is C21H27ClN2O. The molecule has 3 nitrogen and oxygen atoms in total. The maximum atomic E-state index is 6.36. The van der Waals surface area contributed by atoms with Gasteiger partial charge in [0.1, 0.15) is 5.75 Å². The van der Waals surface area contributed by atoms with E-state index in [1.54, 1.807) is 7.11 Å². The monoisotopic (exact) mass is 358 g/mol. The van der Waals surface area contributed by atoms with Crippen LogP contribution >= 0.6 is 11.6 Å². The number of nitrogens with one attached hydrogen (secondary N) is 1. The van der Waals surface area contributed by atoms with Crippen LogP contribution in [0.15, 0.2) is 36.4 Å². The van der Waals surface area contributed by atoms with Crippen LogP contribution in [-0.2, 0) is 0 Å². The van der Waals surface area contributed by atoms with Gasteiger partial charge in [0.25, 0.3) is 0 Å². The second-order valence-corrected chi connectivity index (χ2v) is 7.22. The third-order valence-corrected chi connectivity index (χ3v) is 5.18. The van der Waals surface area contributed by atoms with Gasteiger partial charge in [-0.1, -0.05) is 35.4 Å². The second kappa shape index (κ2) is 8.22. The second-order valence-electron chi connectivity index (χ2n) is 6.79. The van der Waals surface area contributed by atoms with Crippen molar-refractivity contribution >= 4 is 11.6 Å². The van der Waals surface area contributed by atoms with Crippen molar-refractivity contribution < 1.29 is 4.74 Å². The first kappa shape index (κ1) is 18.2. The van der Waals surface area contributed by atoms with Gasteiger partial charge in [-0.3, -0.25) is 4.90 Å². The summed E-state index contributed by atoms with van der Waals surface area (Å²) in [5.41, 5.74) is 5.07. The Morgan fingerprint density at radius 2 is 1.88 bits per heavy atom. The van der Waals surface area contributed by atoms with Crippen LogP contribution in [0.1, 0.15) is 34.7 Å². The largest absolute Gasteiger partial charge is 0.496 e. The van der Waals surface area contributed by atoms with Crippen molar-refractivity contribution in [3.8, 4) is 5.75 Å². The maximum Gasteiger partial charge on any atom is 0.124 e. The van der Waals surface area contributed by atoms with Crippen molar-refractivity contribution in [1.29, 1.82) is 0 Å². The fraction of sp³-hybridized carbons (Fsp3) is 0.429. The number of aryl methyl sites for hydroxylation is 2. The van der Waals surface area contributed by atoms with Crippen LogP contribution in [0.25, 0.3) is 0 Å². The Morgan fingerprint density at radius 3 is 2.64 bits per heavy atom. The molecule has 1 aliphatic rings. The Hall–Kier alpha value is -1.55. The van der Waals surface area contributed by atoms with Gasteiger partial charge in [0.2, 0.25) is 0 Å². The first-order valence-corrected chi connectivity index (χ1v) is 9.33.